The molecule has 0 radical (unpaired) electrons. The zero-order valence-electron chi connectivity index (χ0n) is 11.2. The maximum Gasteiger partial charge on any atom is 0.133 e. The summed E-state index contributed by atoms with van der Waals surface area (Å²) < 4.78 is 27.1. The predicted molar refractivity (Wildman–Crippen MR) is 74.3 cm³/mol. The van der Waals surface area contributed by atoms with Crippen LogP contribution >= 0.6 is 0 Å². The Kier molecular flexibility index (Phi) is 3.26. The van der Waals surface area contributed by atoms with Crippen LogP contribution in [0.5, 0.6) is 0 Å². The van der Waals surface area contributed by atoms with Gasteiger partial charge in [-0.25, -0.2) is 8.78 Å². The van der Waals surface area contributed by atoms with Crippen LogP contribution in [0.2, 0.25) is 0 Å². The van der Waals surface area contributed by atoms with Crippen molar-refractivity contribution >= 4 is 10.8 Å². The van der Waals surface area contributed by atoms with Gasteiger partial charge in [-0.05, 0) is 53.8 Å². The molecule has 2 aromatic rings. The van der Waals surface area contributed by atoms with Crippen molar-refractivity contribution in [3.63, 3.8) is 0 Å². The van der Waals surface area contributed by atoms with Crippen molar-refractivity contribution in [2.75, 3.05) is 0 Å². The quantitative estimate of drug-likeness (QED) is 0.711. The fraction of sp³-hybridized carbons (Fsp3) is 0.412. The van der Waals surface area contributed by atoms with E-state index < -0.39 is 11.6 Å². The minimum atomic E-state index is -0.495. The molecular weight excluding hydrogens is 242 g/mol. The first-order chi connectivity index (χ1) is 9.17. The zero-order chi connectivity index (χ0) is 13.4. The lowest BCUT2D eigenvalue weighted by Crippen LogP contribution is -2.14. The van der Waals surface area contributed by atoms with Crippen LogP contribution < -0.4 is 0 Å². The fourth-order valence-electron chi connectivity index (χ4n) is 3.27. The molecule has 0 amide bonds. The largest absolute Gasteiger partial charge is 0.207 e. The highest BCUT2D eigenvalue weighted by Crippen LogP contribution is 2.32. The van der Waals surface area contributed by atoms with Crippen LogP contribution in [0, 0.1) is 17.6 Å². The van der Waals surface area contributed by atoms with Crippen molar-refractivity contribution < 1.29 is 8.78 Å². The van der Waals surface area contributed by atoms with Gasteiger partial charge in [0.25, 0.3) is 0 Å². The van der Waals surface area contributed by atoms with Crippen LogP contribution in [-0.2, 0) is 12.8 Å². The first kappa shape index (κ1) is 12.6. The molecule has 1 aliphatic rings. The topological polar surface area (TPSA) is 0 Å². The summed E-state index contributed by atoms with van der Waals surface area (Å²) in [6.07, 6.45) is 5.71. The number of hydrogen-bond acceptors (Lipinski definition) is 0. The third-order valence-corrected chi connectivity index (χ3v) is 4.21. The number of hydrogen-bond donors (Lipinski definition) is 0. The van der Waals surface area contributed by atoms with Crippen molar-refractivity contribution in [3.8, 4) is 0 Å². The Bertz CT molecular complexity index is 616. The second-order valence-corrected chi connectivity index (χ2v) is 5.63. The highest BCUT2D eigenvalue weighted by molar-refractivity contribution is 5.85. The molecule has 0 N–H and O–H groups in total. The van der Waals surface area contributed by atoms with E-state index in [0.29, 0.717) is 10.8 Å². The third-order valence-electron chi connectivity index (χ3n) is 4.21. The summed E-state index contributed by atoms with van der Waals surface area (Å²) in [6.45, 7) is 2.21. The monoisotopic (exact) mass is 260 g/mol. The van der Waals surface area contributed by atoms with E-state index >= 15 is 0 Å². The summed E-state index contributed by atoms with van der Waals surface area (Å²) in [5.74, 6) is -0.215. The van der Waals surface area contributed by atoms with Gasteiger partial charge in [-0.3, -0.25) is 0 Å². The molecule has 0 aliphatic heterocycles. The molecule has 0 nitrogen and oxygen atoms in total. The molecular formula is C17H18F2. The highest BCUT2D eigenvalue weighted by Gasteiger charge is 2.19. The molecule has 100 valence electrons. The van der Waals surface area contributed by atoms with Crippen LogP contribution in [0.15, 0.2) is 24.3 Å². The first-order valence-electron chi connectivity index (χ1n) is 7.08. The van der Waals surface area contributed by atoms with Crippen LogP contribution in [-0.4, -0.2) is 0 Å². The number of rotatable bonds is 2. The molecule has 0 saturated heterocycles. The van der Waals surface area contributed by atoms with E-state index in [9.17, 15) is 8.78 Å². The van der Waals surface area contributed by atoms with Crippen molar-refractivity contribution in [1.82, 2.24) is 0 Å². The van der Waals surface area contributed by atoms with E-state index in [2.05, 4.69) is 6.92 Å². The molecule has 3 rings (SSSR count). The van der Waals surface area contributed by atoms with Crippen molar-refractivity contribution in [3.05, 3.63) is 47.0 Å². The highest BCUT2D eigenvalue weighted by atomic mass is 19.1. The normalized spacial score (nSPS) is 18.6. The van der Waals surface area contributed by atoms with E-state index in [4.69, 9.17) is 0 Å². The number of benzene rings is 2. The van der Waals surface area contributed by atoms with Crippen LogP contribution in [0.25, 0.3) is 10.8 Å². The summed E-state index contributed by atoms with van der Waals surface area (Å²) in [6, 6.07) is 6.31. The van der Waals surface area contributed by atoms with Gasteiger partial charge in [0.2, 0.25) is 0 Å². The van der Waals surface area contributed by atoms with Crippen molar-refractivity contribution in [1.29, 1.82) is 0 Å². The Labute approximate surface area is 112 Å². The summed E-state index contributed by atoms with van der Waals surface area (Å²) in [7, 11) is 0. The lowest BCUT2D eigenvalue weighted by atomic mass is 9.81. The average molecular weight is 260 g/mol. The van der Waals surface area contributed by atoms with Crippen LogP contribution in [0.3, 0.4) is 0 Å². The summed E-state index contributed by atoms with van der Waals surface area (Å²) in [4.78, 5) is 0. The van der Waals surface area contributed by atoms with E-state index in [1.807, 2.05) is 12.1 Å². The Balaban J connectivity index is 2.06. The van der Waals surface area contributed by atoms with Gasteiger partial charge in [-0.1, -0.05) is 25.8 Å². The lowest BCUT2D eigenvalue weighted by molar-refractivity contribution is 0.423. The van der Waals surface area contributed by atoms with E-state index in [0.717, 1.165) is 24.8 Å². The smallest absolute Gasteiger partial charge is 0.133 e. The molecule has 19 heavy (non-hydrogen) atoms. The summed E-state index contributed by atoms with van der Waals surface area (Å²) >= 11 is 0. The average Bonchev–Trinajstić information content (AvgIpc) is 2.37. The number of fused-ring (bicyclic) bond motifs is 2. The van der Waals surface area contributed by atoms with E-state index in [-0.39, 0.29) is 0 Å². The second-order valence-electron chi connectivity index (χ2n) is 5.63. The van der Waals surface area contributed by atoms with Gasteiger partial charge in [0.1, 0.15) is 11.6 Å². The zero-order valence-corrected chi connectivity index (χ0v) is 11.2. The maximum absolute atomic E-state index is 13.8. The molecule has 0 aromatic heterocycles. The Morgan fingerprint density at radius 3 is 2.74 bits per heavy atom. The Morgan fingerprint density at radius 1 is 1.11 bits per heavy atom. The van der Waals surface area contributed by atoms with Crippen molar-refractivity contribution in [2.45, 2.75) is 39.0 Å². The van der Waals surface area contributed by atoms with E-state index in [1.54, 1.807) is 0 Å². The van der Waals surface area contributed by atoms with Crippen molar-refractivity contribution in [2.24, 2.45) is 5.92 Å². The van der Waals surface area contributed by atoms with Gasteiger partial charge >= 0.3 is 0 Å². The molecule has 0 bridgehead atoms. The summed E-state index contributed by atoms with van der Waals surface area (Å²) in [5.41, 5.74) is 2.52. The standard InChI is InChI=1S/C17H18F2/c1-2-3-11-4-5-12-9-16-14(7-13(12)6-11)8-15(18)10-17(16)19/h7-11H,2-6H2,1H3. The molecule has 0 fully saturated rings. The molecule has 1 aliphatic carbocycles. The maximum atomic E-state index is 13.8. The van der Waals surface area contributed by atoms with Crippen LogP contribution in [0.1, 0.15) is 37.3 Å². The summed E-state index contributed by atoms with van der Waals surface area (Å²) in [5, 5.41) is 1.24. The Hall–Kier alpha value is -1.44. The van der Waals surface area contributed by atoms with Gasteiger partial charge < -0.3 is 0 Å². The van der Waals surface area contributed by atoms with Gasteiger partial charge in [-0.15, -0.1) is 0 Å². The molecule has 0 spiro atoms. The molecule has 2 heteroatoms. The molecule has 0 heterocycles. The molecule has 0 saturated carbocycles. The predicted octanol–water partition coefficient (Wildman–Crippen LogP) is 5.02. The van der Waals surface area contributed by atoms with Gasteiger partial charge in [0, 0.05) is 11.5 Å². The Morgan fingerprint density at radius 2 is 1.95 bits per heavy atom. The third kappa shape index (κ3) is 2.36. The molecule has 1 unspecified atom stereocenters. The lowest BCUT2D eigenvalue weighted by Gasteiger charge is -2.25. The molecule has 1 atom stereocenters. The minimum absolute atomic E-state index is 0.450. The van der Waals surface area contributed by atoms with Gasteiger partial charge in [0.15, 0.2) is 0 Å². The van der Waals surface area contributed by atoms with E-state index in [1.165, 1.54) is 36.5 Å². The second kappa shape index (κ2) is 4.92. The minimum Gasteiger partial charge on any atom is -0.207 e. The first-order valence-corrected chi connectivity index (χ1v) is 7.08. The number of aryl methyl sites for hydroxylation is 1. The number of halogens is 2. The SMILES string of the molecule is CCCC1CCc2cc3c(F)cc(F)cc3cc2C1. The fourth-order valence-corrected chi connectivity index (χ4v) is 3.27. The van der Waals surface area contributed by atoms with Gasteiger partial charge in [0.05, 0.1) is 0 Å². The van der Waals surface area contributed by atoms with Crippen LogP contribution in [0.4, 0.5) is 8.78 Å². The molecule has 2 aromatic carbocycles. The van der Waals surface area contributed by atoms with Gasteiger partial charge in [-0.2, -0.15) is 0 Å².